The van der Waals surface area contributed by atoms with Gasteiger partial charge in [0.25, 0.3) is 0 Å². The number of para-hydroxylation sites is 2. The van der Waals surface area contributed by atoms with Gasteiger partial charge in [-0.25, -0.2) is 4.98 Å². The first-order valence-electron chi connectivity index (χ1n) is 32.0. The van der Waals surface area contributed by atoms with Crippen LogP contribution in [0.5, 0.6) is 11.5 Å². The van der Waals surface area contributed by atoms with Crippen molar-refractivity contribution in [2.75, 3.05) is 9.80 Å². The van der Waals surface area contributed by atoms with E-state index in [1.54, 1.807) is 0 Å². The van der Waals surface area contributed by atoms with Crippen molar-refractivity contribution in [1.82, 2.24) is 9.55 Å². The molecule has 8 heteroatoms. The fourth-order valence-corrected chi connectivity index (χ4v) is 12.4. The van der Waals surface area contributed by atoms with E-state index in [0.29, 0.717) is 22.6 Å². The molecule has 0 radical (unpaired) electrons. The summed E-state index contributed by atoms with van der Waals surface area (Å²) in [4.78, 5) is 9.78. The predicted octanol–water partition coefficient (Wildman–Crippen LogP) is 23.2. The molecule has 0 atom stereocenters. The second kappa shape index (κ2) is 22.4. The Morgan fingerprint density at radius 3 is 1.49 bits per heavy atom. The second-order valence-corrected chi connectivity index (χ2v) is 32.4. The number of pyridine rings is 1. The van der Waals surface area contributed by atoms with Crippen LogP contribution in [0.2, 0.25) is 0 Å². The summed E-state index contributed by atoms with van der Waals surface area (Å²) in [6.07, 6.45) is 1.89. The topological polar surface area (TPSA) is 70.5 Å². The van der Waals surface area contributed by atoms with Crippen molar-refractivity contribution in [2.24, 2.45) is 0 Å². The van der Waals surface area contributed by atoms with Gasteiger partial charge < -0.3 is 23.5 Å². The normalized spacial score (nSPS) is 13.6. The van der Waals surface area contributed by atoms with Crippen molar-refractivity contribution >= 4 is 66.5 Å². The molecule has 0 fully saturated rings. The number of anilines is 4. The van der Waals surface area contributed by atoms with Gasteiger partial charge >= 0.3 is 0 Å². The van der Waals surface area contributed by atoms with Crippen LogP contribution in [0, 0.1) is 30.1 Å². The van der Waals surface area contributed by atoms with Crippen molar-refractivity contribution in [2.45, 2.75) is 183 Å². The fourth-order valence-electron chi connectivity index (χ4n) is 12.4. The van der Waals surface area contributed by atoms with E-state index in [-0.39, 0.29) is 59.0 Å². The molecule has 0 amide bonds. The number of hydrogen-bond acceptors (Lipinski definition) is 6. The summed E-state index contributed by atoms with van der Waals surface area (Å²) in [5.41, 5.74) is 20.2. The molecule has 470 valence electrons. The Kier molecular flexibility index (Phi) is 15.9. The maximum absolute atomic E-state index is 9.84. The van der Waals surface area contributed by atoms with Gasteiger partial charge in [0, 0.05) is 83.2 Å². The standard InChI is InChI=1S/C83H88N5O2.Pt/c1-77(2,3)53-32-33-85-73(45-53)88-70-31-30-64-63-28-26-50(48-84)34-72(63)90-76(64)74(70)65-29-27-61(47-71(65)88)89-62-42-58(82(16,17)18)41-60(46-62)86-49-87(69-25-23-22-24-68(69)86)75-66(51-35-54(78(4,5)6)39-55(36-51)79(7,8)9)43-59(83(19,20)21)44-67(75)52-37-56(80(10,11)12)40-57(38-52)81(13,14)15;/h22-45,49H,1-21H3;/q-3;. The number of hydrogen-bond donors (Lipinski definition) is 0. The minimum atomic E-state index is -0.272. The molecule has 4 heterocycles. The first-order valence-corrected chi connectivity index (χ1v) is 32.0. The van der Waals surface area contributed by atoms with Gasteiger partial charge in [0.1, 0.15) is 17.0 Å². The van der Waals surface area contributed by atoms with Gasteiger partial charge in [-0.05, 0) is 155 Å². The van der Waals surface area contributed by atoms with Gasteiger partial charge in [0.2, 0.25) is 0 Å². The Bertz CT molecular complexity index is 4570. The molecule has 0 saturated carbocycles. The van der Waals surface area contributed by atoms with Crippen molar-refractivity contribution in [3.8, 4) is 45.6 Å². The van der Waals surface area contributed by atoms with E-state index in [2.05, 4.69) is 300 Å². The average molecular weight is 1380 g/mol. The number of aromatic nitrogens is 2. The van der Waals surface area contributed by atoms with Crippen molar-refractivity contribution in [3.05, 3.63) is 209 Å². The number of nitriles is 1. The molecule has 0 saturated heterocycles. The maximum Gasteiger partial charge on any atom is 0.136 e. The third-order valence-corrected chi connectivity index (χ3v) is 18.2. The number of benzene rings is 8. The third kappa shape index (κ3) is 12.2. The summed E-state index contributed by atoms with van der Waals surface area (Å²) in [6, 6.07) is 61.0. The zero-order chi connectivity index (χ0) is 64.7. The van der Waals surface area contributed by atoms with Crippen LogP contribution >= 0.6 is 0 Å². The number of nitrogens with zero attached hydrogens (tertiary/aromatic N) is 5. The molecule has 0 aliphatic carbocycles. The molecule has 11 aromatic rings. The predicted molar refractivity (Wildman–Crippen MR) is 378 cm³/mol. The van der Waals surface area contributed by atoms with Crippen LogP contribution in [0.15, 0.2) is 150 Å². The largest absolute Gasteiger partial charge is 0.509 e. The van der Waals surface area contributed by atoms with Crippen molar-refractivity contribution in [1.29, 1.82) is 5.26 Å². The number of fused-ring (bicyclic) bond motifs is 8. The molecule has 12 rings (SSSR count). The Labute approximate surface area is 555 Å². The summed E-state index contributed by atoms with van der Waals surface area (Å²) in [5, 5.41) is 13.6. The number of rotatable bonds is 7. The summed E-state index contributed by atoms with van der Waals surface area (Å²) in [5.74, 6) is 1.87. The van der Waals surface area contributed by atoms with Crippen LogP contribution in [-0.2, 0) is 59.0 Å². The van der Waals surface area contributed by atoms with Crippen molar-refractivity contribution in [3.63, 3.8) is 0 Å². The molecule has 91 heavy (non-hydrogen) atoms. The van der Waals surface area contributed by atoms with Gasteiger partial charge in [-0.1, -0.05) is 205 Å². The van der Waals surface area contributed by atoms with E-state index in [4.69, 9.17) is 14.1 Å². The SMILES string of the molecule is CC(C)(C)c1cc(Oc2[c-]c3c(cc2)c2c4oc5cc(C#N)ccc5c4ccc2n3-c2cc(C(C)(C)C)ccn2)[c-]c(N2[CH-]N(c3c(-c4cc(C(C)(C)C)cc(C(C)(C)C)c4)cc(C(C)(C)C)cc3-c3cc(C(C)(C)C)cc(C(C)(C)C)c3)c3ccccc32)c1.[Pt]. The van der Waals surface area contributed by atoms with Crippen LogP contribution in [0.1, 0.15) is 190 Å². The van der Waals surface area contributed by atoms with Gasteiger partial charge in [-0.15, -0.1) is 48.3 Å². The van der Waals surface area contributed by atoms with Crippen LogP contribution in [0.4, 0.5) is 22.7 Å². The first kappa shape index (κ1) is 64.6. The van der Waals surface area contributed by atoms with Crippen LogP contribution in [0.3, 0.4) is 0 Å². The van der Waals surface area contributed by atoms with E-state index in [9.17, 15) is 5.26 Å². The molecular formula is C83H88N5O2Pt-3. The van der Waals surface area contributed by atoms with Gasteiger partial charge in [0.05, 0.1) is 11.6 Å². The average Bonchev–Trinajstić information content (AvgIpc) is 1.63. The van der Waals surface area contributed by atoms with E-state index in [1.807, 2.05) is 30.5 Å². The monoisotopic (exact) mass is 1380 g/mol. The van der Waals surface area contributed by atoms with Crippen molar-refractivity contribution < 1.29 is 30.2 Å². The van der Waals surface area contributed by atoms with E-state index in [0.717, 1.165) is 77.9 Å². The number of furan rings is 1. The zero-order valence-corrected chi connectivity index (χ0v) is 59.6. The Balaban J connectivity index is 0.00000850. The van der Waals surface area contributed by atoms with Crippen LogP contribution < -0.4 is 14.5 Å². The fraction of sp³-hybridized carbons (Fsp3) is 0.337. The van der Waals surface area contributed by atoms with E-state index in [1.165, 1.54) is 50.1 Å². The van der Waals surface area contributed by atoms with E-state index >= 15 is 0 Å². The Morgan fingerprint density at radius 2 is 0.967 bits per heavy atom. The Hall–Kier alpha value is -7.91. The number of ether oxygens (including phenoxy) is 1. The van der Waals surface area contributed by atoms with E-state index < -0.39 is 0 Å². The molecule has 0 bridgehead atoms. The van der Waals surface area contributed by atoms with Crippen LogP contribution in [-0.4, -0.2) is 9.55 Å². The molecule has 8 aromatic carbocycles. The van der Waals surface area contributed by atoms with Gasteiger partial charge in [0.15, 0.2) is 0 Å². The minimum Gasteiger partial charge on any atom is -0.509 e. The maximum atomic E-state index is 9.84. The van der Waals surface area contributed by atoms with Crippen LogP contribution in [0.25, 0.3) is 71.8 Å². The molecule has 7 nitrogen and oxygen atoms in total. The van der Waals surface area contributed by atoms with Gasteiger partial charge in [-0.2, -0.15) is 11.3 Å². The first-order chi connectivity index (χ1) is 41.9. The smallest absolute Gasteiger partial charge is 0.136 e. The summed E-state index contributed by atoms with van der Waals surface area (Å²) < 4.78 is 16.1. The summed E-state index contributed by atoms with van der Waals surface area (Å²) >= 11 is 0. The molecule has 1 aliphatic heterocycles. The molecule has 0 N–H and O–H groups in total. The molecule has 0 unspecified atom stereocenters. The minimum absolute atomic E-state index is 0. The third-order valence-electron chi connectivity index (χ3n) is 18.2. The molecular weight excluding hydrogens is 1290 g/mol. The zero-order valence-electron chi connectivity index (χ0n) is 57.3. The molecule has 1 aliphatic rings. The van der Waals surface area contributed by atoms with Gasteiger partial charge in [-0.3, -0.25) is 0 Å². The molecule has 3 aromatic heterocycles. The summed E-state index contributed by atoms with van der Waals surface area (Å²) in [6.45, 7) is 50.7. The quantitative estimate of drug-likeness (QED) is 0.148. The Morgan fingerprint density at radius 1 is 0.473 bits per heavy atom. The molecule has 0 spiro atoms. The second-order valence-electron chi connectivity index (χ2n) is 32.4. The summed E-state index contributed by atoms with van der Waals surface area (Å²) in [7, 11) is 0.